The Labute approximate surface area is 150 Å². The minimum atomic E-state index is 0.286. The molecule has 4 unspecified atom stereocenters. The van der Waals surface area contributed by atoms with Gasteiger partial charge in [0.15, 0.2) is 0 Å². The van der Waals surface area contributed by atoms with Crippen LogP contribution >= 0.6 is 0 Å². The van der Waals surface area contributed by atoms with Gasteiger partial charge in [-0.1, -0.05) is 0 Å². The van der Waals surface area contributed by atoms with Crippen molar-refractivity contribution in [1.29, 1.82) is 0 Å². The molecule has 4 aliphatic heterocycles. The predicted molar refractivity (Wildman–Crippen MR) is 102 cm³/mol. The molecular weight excluding hydrogens is 296 g/mol. The van der Waals surface area contributed by atoms with Crippen LogP contribution in [0.15, 0.2) is 0 Å². The molecular formula is C20H40N4. The number of fused-ring (bicyclic) bond motifs is 2. The Balaban J connectivity index is 1.56. The van der Waals surface area contributed by atoms with Crippen LogP contribution in [0.25, 0.3) is 0 Å². The number of piperazine rings is 2. The van der Waals surface area contributed by atoms with Crippen molar-refractivity contribution < 1.29 is 0 Å². The first kappa shape index (κ1) is 18.6. The van der Waals surface area contributed by atoms with Gasteiger partial charge >= 0.3 is 0 Å². The van der Waals surface area contributed by atoms with Crippen LogP contribution in [0.5, 0.6) is 0 Å². The molecule has 140 valence electrons. The predicted octanol–water partition coefficient (Wildman–Crippen LogP) is 2.69. The molecule has 4 heterocycles. The molecule has 24 heavy (non-hydrogen) atoms. The average molecular weight is 337 g/mol. The Hall–Kier alpha value is -0.160. The number of piperidine rings is 1. The lowest BCUT2D eigenvalue weighted by Gasteiger charge is -2.62. The van der Waals surface area contributed by atoms with Gasteiger partial charge in [0.05, 0.1) is 6.67 Å². The zero-order valence-electron chi connectivity index (χ0n) is 17.3. The van der Waals surface area contributed by atoms with E-state index in [1.54, 1.807) is 0 Å². The third kappa shape index (κ3) is 3.53. The molecule has 4 atom stereocenters. The van der Waals surface area contributed by atoms with Crippen molar-refractivity contribution in [1.82, 2.24) is 19.6 Å². The molecule has 0 aromatic heterocycles. The van der Waals surface area contributed by atoms with Crippen LogP contribution in [0.3, 0.4) is 0 Å². The molecule has 0 aromatic carbocycles. The van der Waals surface area contributed by atoms with Crippen LogP contribution in [-0.4, -0.2) is 87.7 Å². The number of hydrogen-bond acceptors (Lipinski definition) is 4. The fraction of sp³-hybridized carbons (Fsp3) is 1.00. The van der Waals surface area contributed by atoms with Gasteiger partial charge in [-0.2, -0.15) is 0 Å². The summed E-state index contributed by atoms with van der Waals surface area (Å²) in [7, 11) is 0. The highest BCUT2D eigenvalue weighted by Crippen LogP contribution is 2.38. The smallest absolute Gasteiger partial charge is 0.0513 e. The molecule has 4 heteroatoms. The Kier molecular flexibility index (Phi) is 4.83. The van der Waals surface area contributed by atoms with Gasteiger partial charge in [-0.05, 0) is 61.8 Å². The summed E-state index contributed by atoms with van der Waals surface area (Å²) in [5.74, 6) is 0. The molecule has 4 saturated heterocycles. The summed E-state index contributed by atoms with van der Waals surface area (Å²) in [5.41, 5.74) is 0.618. The van der Waals surface area contributed by atoms with Gasteiger partial charge in [0.25, 0.3) is 0 Å². The van der Waals surface area contributed by atoms with Crippen LogP contribution in [0.1, 0.15) is 61.8 Å². The molecule has 4 nitrogen and oxygen atoms in total. The van der Waals surface area contributed by atoms with Gasteiger partial charge in [-0.25, -0.2) is 0 Å². The average Bonchev–Trinajstić information content (AvgIpc) is 2.39. The SMILES string of the molecule is CC1CN(C(C)(C)C)CC(C)N1CN1CC2CC(C1)N2C(C)(C)C. The molecule has 0 aromatic rings. The molecule has 4 aliphatic rings. The molecule has 4 fully saturated rings. The molecule has 0 saturated carbocycles. The quantitative estimate of drug-likeness (QED) is 0.768. The van der Waals surface area contributed by atoms with E-state index in [4.69, 9.17) is 0 Å². The maximum atomic E-state index is 2.76. The second-order valence-corrected chi connectivity index (χ2v) is 10.6. The number of nitrogens with zero attached hydrogens (tertiary/aromatic N) is 4. The van der Waals surface area contributed by atoms with Crippen LogP contribution in [-0.2, 0) is 0 Å². The summed E-state index contributed by atoms with van der Waals surface area (Å²) in [6, 6.07) is 2.85. The van der Waals surface area contributed by atoms with Gasteiger partial charge in [-0.3, -0.25) is 19.6 Å². The molecule has 0 radical (unpaired) electrons. The van der Waals surface area contributed by atoms with E-state index in [-0.39, 0.29) is 5.54 Å². The van der Waals surface area contributed by atoms with Crippen LogP contribution in [0.2, 0.25) is 0 Å². The topological polar surface area (TPSA) is 13.0 Å². The van der Waals surface area contributed by atoms with Crippen LogP contribution in [0.4, 0.5) is 0 Å². The van der Waals surface area contributed by atoms with E-state index in [0.717, 1.165) is 18.8 Å². The van der Waals surface area contributed by atoms with Crippen molar-refractivity contribution in [3.05, 3.63) is 0 Å². The van der Waals surface area contributed by atoms with E-state index in [9.17, 15) is 0 Å². The lowest BCUT2D eigenvalue weighted by molar-refractivity contribution is -0.136. The molecule has 4 rings (SSSR count). The van der Waals surface area contributed by atoms with Gasteiger partial charge in [-0.15, -0.1) is 0 Å². The standard InChI is InChI=1S/C20H40N4/c1-15-10-22(19(3,4)5)11-16(2)23(15)14-21-12-17-9-18(13-21)24(17)20(6,7)8/h15-18H,9-14H2,1-8H3. The Morgan fingerprint density at radius 1 is 0.750 bits per heavy atom. The summed E-state index contributed by atoms with van der Waals surface area (Å²) in [5, 5.41) is 0. The molecule has 2 bridgehead atoms. The zero-order chi connectivity index (χ0) is 17.9. The minimum Gasteiger partial charge on any atom is -0.295 e. The first-order valence-corrected chi connectivity index (χ1v) is 9.98. The van der Waals surface area contributed by atoms with Crippen LogP contribution in [0, 0.1) is 0 Å². The largest absolute Gasteiger partial charge is 0.295 e. The van der Waals surface area contributed by atoms with Crippen molar-refractivity contribution in [3.63, 3.8) is 0 Å². The highest BCUT2D eigenvalue weighted by Gasteiger charge is 2.49. The van der Waals surface area contributed by atoms with Crippen molar-refractivity contribution in [2.75, 3.05) is 32.8 Å². The molecule has 0 aliphatic carbocycles. The minimum absolute atomic E-state index is 0.286. The van der Waals surface area contributed by atoms with E-state index >= 15 is 0 Å². The molecule has 0 amide bonds. The number of rotatable bonds is 2. The number of hydrogen-bond donors (Lipinski definition) is 0. The highest BCUT2D eigenvalue weighted by atomic mass is 15.4. The summed E-state index contributed by atoms with van der Waals surface area (Å²) in [6.07, 6.45) is 1.41. The molecule has 0 spiro atoms. The van der Waals surface area contributed by atoms with E-state index < -0.39 is 0 Å². The maximum Gasteiger partial charge on any atom is 0.0513 e. The Bertz CT molecular complexity index is 426. The summed E-state index contributed by atoms with van der Waals surface area (Å²) in [4.78, 5) is 10.9. The van der Waals surface area contributed by atoms with E-state index in [0.29, 0.717) is 17.6 Å². The Morgan fingerprint density at radius 3 is 1.67 bits per heavy atom. The second kappa shape index (κ2) is 6.22. The van der Waals surface area contributed by atoms with Crippen molar-refractivity contribution in [3.8, 4) is 0 Å². The van der Waals surface area contributed by atoms with Gasteiger partial charge in [0.1, 0.15) is 0 Å². The molecule has 0 N–H and O–H groups in total. The maximum absolute atomic E-state index is 2.76. The first-order chi connectivity index (χ1) is 11.0. The van der Waals surface area contributed by atoms with Crippen molar-refractivity contribution in [2.24, 2.45) is 0 Å². The van der Waals surface area contributed by atoms with Crippen molar-refractivity contribution in [2.45, 2.75) is 97.1 Å². The fourth-order valence-corrected chi connectivity index (χ4v) is 5.32. The normalized spacial score (nSPS) is 37.5. The third-order valence-corrected chi connectivity index (χ3v) is 6.46. The lowest BCUT2D eigenvalue weighted by atomic mass is 9.82. The summed E-state index contributed by atoms with van der Waals surface area (Å²) in [6.45, 7) is 25.1. The Morgan fingerprint density at radius 2 is 1.25 bits per heavy atom. The summed E-state index contributed by atoms with van der Waals surface area (Å²) >= 11 is 0. The van der Waals surface area contributed by atoms with E-state index in [1.165, 1.54) is 32.6 Å². The van der Waals surface area contributed by atoms with Gasteiger partial charge < -0.3 is 0 Å². The van der Waals surface area contributed by atoms with E-state index in [1.807, 2.05) is 0 Å². The van der Waals surface area contributed by atoms with E-state index in [2.05, 4.69) is 75.0 Å². The highest BCUT2D eigenvalue weighted by molar-refractivity contribution is 5.05. The second-order valence-electron chi connectivity index (χ2n) is 10.6. The fourth-order valence-electron chi connectivity index (χ4n) is 5.32. The zero-order valence-corrected chi connectivity index (χ0v) is 17.3. The lowest BCUT2D eigenvalue weighted by Crippen LogP contribution is -2.74. The summed E-state index contributed by atoms with van der Waals surface area (Å²) < 4.78 is 0. The first-order valence-electron chi connectivity index (χ1n) is 9.98. The van der Waals surface area contributed by atoms with Gasteiger partial charge in [0.2, 0.25) is 0 Å². The monoisotopic (exact) mass is 336 g/mol. The van der Waals surface area contributed by atoms with Crippen LogP contribution < -0.4 is 0 Å². The van der Waals surface area contributed by atoms with Gasteiger partial charge in [0, 0.05) is 61.4 Å². The van der Waals surface area contributed by atoms with Crippen molar-refractivity contribution >= 4 is 0 Å². The third-order valence-electron chi connectivity index (χ3n) is 6.46.